The molecule has 0 bridgehead atoms. The van der Waals surface area contributed by atoms with Crippen molar-refractivity contribution < 1.29 is 4.74 Å². The first kappa shape index (κ1) is 12.2. The topological polar surface area (TPSA) is 56.8 Å². The van der Waals surface area contributed by atoms with E-state index in [1.54, 1.807) is 42.5 Å². The number of ether oxygens (including phenoxy) is 1. The van der Waals surface area contributed by atoms with Gasteiger partial charge >= 0.3 is 0 Å². The molecule has 0 heterocycles. The average molecular weight is 299 g/mol. The van der Waals surface area contributed by atoms with Crippen LogP contribution < -0.4 is 4.74 Å². The second-order valence-corrected chi connectivity index (χ2v) is 4.41. The molecule has 0 spiro atoms. The van der Waals surface area contributed by atoms with Gasteiger partial charge < -0.3 is 4.74 Å². The summed E-state index contributed by atoms with van der Waals surface area (Å²) in [5.74, 6) is 0.991. The van der Waals surface area contributed by atoms with Gasteiger partial charge in [-0.15, -0.1) is 0 Å². The van der Waals surface area contributed by atoms with Crippen LogP contribution in [0.2, 0.25) is 0 Å². The lowest BCUT2D eigenvalue weighted by atomic mass is 10.2. The zero-order valence-electron chi connectivity index (χ0n) is 9.22. The van der Waals surface area contributed by atoms with Crippen molar-refractivity contribution in [3.63, 3.8) is 0 Å². The summed E-state index contributed by atoms with van der Waals surface area (Å²) in [7, 11) is 0. The highest BCUT2D eigenvalue weighted by molar-refractivity contribution is 9.10. The Balaban J connectivity index is 2.37. The number of nitrogens with zero attached hydrogens (tertiary/aromatic N) is 2. The van der Waals surface area contributed by atoms with Crippen LogP contribution >= 0.6 is 15.9 Å². The maximum atomic E-state index is 8.99. The summed E-state index contributed by atoms with van der Waals surface area (Å²) in [5, 5.41) is 17.8. The van der Waals surface area contributed by atoms with Crippen molar-refractivity contribution in [3.8, 4) is 23.6 Å². The van der Waals surface area contributed by atoms with E-state index < -0.39 is 0 Å². The second-order valence-electron chi connectivity index (χ2n) is 3.49. The lowest BCUT2D eigenvalue weighted by Crippen LogP contribution is -1.89. The molecule has 0 radical (unpaired) electrons. The van der Waals surface area contributed by atoms with Gasteiger partial charge in [0, 0.05) is 4.47 Å². The summed E-state index contributed by atoms with van der Waals surface area (Å²) in [6.45, 7) is 0. The molecule has 0 amide bonds. The van der Waals surface area contributed by atoms with Gasteiger partial charge in [0.15, 0.2) is 0 Å². The minimum atomic E-state index is 0.445. The van der Waals surface area contributed by atoms with Crippen molar-refractivity contribution in [3.05, 3.63) is 58.1 Å². The molecule has 0 aliphatic carbocycles. The van der Waals surface area contributed by atoms with Gasteiger partial charge in [0.2, 0.25) is 0 Å². The lowest BCUT2D eigenvalue weighted by molar-refractivity contribution is 0.480. The van der Waals surface area contributed by atoms with Crippen molar-refractivity contribution in [1.29, 1.82) is 10.5 Å². The lowest BCUT2D eigenvalue weighted by Gasteiger charge is -2.07. The van der Waals surface area contributed by atoms with Crippen LogP contribution in [0.15, 0.2) is 46.9 Å². The van der Waals surface area contributed by atoms with Crippen molar-refractivity contribution >= 4 is 15.9 Å². The summed E-state index contributed by atoms with van der Waals surface area (Å²) >= 11 is 3.33. The highest BCUT2D eigenvalue weighted by Gasteiger charge is 2.06. The second kappa shape index (κ2) is 5.35. The number of rotatable bonds is 2. The van der Waals surface area contributed by atoms with E-state index in [4.69, 9.17) is 15.3 Å². The minimum absolute atomic E-state index is 0.445. The molecule has 0 fully saturated rings. The number of benzene rings is 2. The van der Waals surface area contributed by atoms with E-state index in [1.165, 1.54) is 0 Å². The van der Waals surface area contributed by atoms with Gasteiger partial charge in [0.25, 0.3) is 0 Å². The largest absolute Gasteiger partial charge is 0.456 e. The Kier molecular flexibility index (Phi) is 3.62. The molecule has 0 saturated carbocycles. The number of hydrogen-bond donors (Lipinski definition) is 0. The molecule has 0 atom stereocenters. The molecule has 2 rings (SSSR count). The molecule has 86 valence electrons. The maximum absolute atomic E-state index is 8.99. The molecule has 3 nitrogen and oxygen atoms in total. The smallest absolute Gasteiger partial charge is 0.146 e. The van der Waals surface area contributed by atoms with Gasteiger partial charge in [-0.05, 0) is 36.4 Å². The Morgan fingerprint density at radius 2 is 1.83 bits per heavy atom. The Morgan fingerprint density at radius 1 is 1.00 bits per heavy atom. The fourth-order valence-electron chi connectivity index (χ4n) is 1.43. The fraction of sp³-hybridized carbons (Fsp3) is 0. The molecule has 0 unspecified atom stereocenters. The standard InChI is InChI=1S/C14H7BrN2O/c15-12-5-4-11(9-17)14(7-12)18-13-3-1-2-10(6-13)8-16/h1-7H. The zero-order chi connectivity index (χ0) is 13.0. The van der Waals surface area contributed by atoms with Gasteiger partial charge in [-0.2, -0.15) is 10.5 Å². The van der Waals surface area contributed by atoms with Crippen molar-refractivity contribution in [2.45, 2.75) is 0 Å². The van der Waals surface area contributed by atoms with Crippen LogP contribution in [0.4, 0.5) is 0 Å². The van der Waals surface area contributed by atoms with Crippen LogP contribution in [-0.2, 0) is 0 Å². The Labute approximate surface area is 113 Å². The molecule has 0 N–H and O–H groups in total. The van der Waals surface area contributed by atoms with Crippen LogP contribution in [0.1, 0.15) is 11.1 Å². The predicted octanol–water partition coefficient (Wildman–Crippen LogP) is 3.98. The van der Waals surface area contributed by atoms with E-state index in [0.717, 1.165) is 4.47 Å². The van der Waals surface area contributed by atoms with Crippen LogP contribution in [0.3, 0.4) is 0 Å². The first-order valence-corrected chi connectivity index (χ1v) is 5.90. The quantitative estimate of drug-likeness (QED) is 0.842. The minimum Gasteiger partial charge on any atom is -0.456 e. The molecule has 18 heavy (non-hydrogen) atoms. The summed E-state index contributed by atoms with van der Waals surface area (Å²) in [4.78, 5) is 0. The van der Waals surface area contributed by atoms with E-state index in [0.29, 0.717) is 22.6 Å². The fourth-order valence-corrected chi connectivity index (χ4v) is 1.77. The van der Waals surface area contributed by atoms with Gasteiger partial charge in [-0.1, -0.05) is 22.0 Å². The normalized spacial score (nSPS) is 9.28. The van der Waals surface area contributed by atoms with E-state index in [-0.39, 0.29) is 0 Å². The summed E-state index contributed by atoms with van der Waals surface area (Å²) in [5.41, 5.74) is 0.960. The van der Waals surface area contributed by atoms with Crippen LogP contribution in [0.5, 0.6) is 11.5 Å². The third kappa shape index (κ3) is 2.68. The number of hydrogen-bond acceptors (Lipinski definition) is 3. The molecule has 0 saturated heterocycles. The Hall–Kier alpha value is -2.30. The maximum Gasteiger partial charge on any atom is 0.146 e. The zero-order valence-corrected chi connectivity index (χ0v) is 10.8. The van der Waals surface area contributed by atoms with Gasteiger partial charge in [-0.25, -0.2) is 0 Å². The van der Waals surface area contributed by atoms with Crippen molar-refractivity contribution in [2.24, 2.45) is 0 Å². The SMILES string of the molecule is N#Cc1cccc(Oc2cc(Br)ccc2C#N)c1. The van der Waals surface area contributed by atoms with E-state index >= 15 is 0 Å². The number of nitriles is 2. The molecule has 0 aromatic heterocycles. The number of halogens is 1. The third-order valence-corrected chi connectivity index (χ3v) is 2.75. The van der Waals surface area contributed by atoms with Crippen LogP contribution in [0.25, 0.3) is 0 Å². The summed E-state index contributed by atoms with van der Waals surface area (Å²) in [6, 6.07) is 16.1. The average Bonchev–Trinajstić information content (AvgIpc) is 2.39. The molecule has 2 aromatic carbocycles. The monoisotopic (exact) mass is 298 g/mol. The van der Waals surface area contributed by atoms with Gasteiger partial charge in [-0.3, -0.25) is 0 Å². The first-order chi connectivity index (χ1) is 8.72. The molecular formula is C14H7BrN2O. The first-order valence-electron chi connectivity index (χ1n) is 5.10. The summed E-state index contributed by atoms with van der Waals surface area (Å²) < 4.78 is 6.45. The molecule has 4 heteroatoms. The van der Waals surface area contributed by atoms with Crippen LogP contribution in [0, 0.1) is 22.7 Å². The third-order valence-electron chi connectivity index (χ3n) is 2.26. The Morgan fingerprint density at radius 3 is 2.56 bits per heavy atom. The van der Waals surface area contributed by atoms with E-state index in [1.807, 2.05) is 6.07 Å². The van der Waals surface area contributed by atoms with Crippen molar-refractivity contribution in [2.75, 3.05) is 0 Å². The highest BCUT2D eigenvalue weighted by Crippen LogP contribution is 2.28. The molecule has 0 aliphatic heterocycles. The van der Waals surface area contributed by atoms with Crippen molar-refractivity contribution in [1.82, 2.24) is 0 Å². The van der Waals surface area contributed by atoms with E-state index in [2.05, 4.69) is 22.0 Å². The summed E-state index contributed by atoms with van der Waals surface area (Å²) in [6.07, 6.45) is 0. The predicted molar refractivity (Wildman–Crippen MR) is 70.1 cm³/mol. The molecular weight excluding hydrogens is 292 g/mol. The van der Waals surface area contributed by atoms with Crippen LogP contribution in [-0.4, -0.2) is 0 Å². The van der Waals surface area contributed by atoms with E-state index in [9.17, 15) is 0 Å². The molecule has 2 aromatic rings. The Bertz CT molecular complexity index is 668. The molecule has 0 aliphatic rings. The van der Waals surface area contributed by atoms with Gasteiger partial charge in [0.1, 0.15) is 17.6 Å². The van der Waals surface area contributed by atoms with Gasteiger partial charge in [0.05, 0.1) is 17.2 Å². The highest BCUT2D eigenvalue weighted by atomic mass is 79.9.